The molecule has 28 heavy (non-hydrogen) atoms. The van der Waals surface area contributed by atoms with E-state index in [0.717, 1.165) is 4.90 Å². The highest BCUT2D eigenvalue weighted by Crippen LogP contribution is 2.28. The van der Waals surface area contributed by atoms with Gasteiger partial charge in [-0.2, -0.15) is 0 Å². The Morgan fingerprint density at radius 2 is 2.00 bits per heavy atom. The highest BCUT2D eigenvalue weighted by atomic mass is 35.5. The van der Waals surface area contributed by atoms with Crippen molar-refractivity contribution in [2.24, 2.45) is 0 Å². The third-order valence-electron chi connectivity index (χ3n) is 3.89. The third kappa shape index (κ3) is 3.58. The Morgan fingerprint density at radius 1 is 1.25 bits per heavy atom. The molecule has 0 bridgehead atoms. The number of hydrogen-bond donors (Lipinski definition) is 2. The summed E-state index contributed by atoms with van der Waals surface area (Å²) in [5.74, 6) is -2.31. The van der Waals surface area contributed by atoms with Crippen LogP contribution in [-0.2, 0) is 9.59 Å². The third-order valence-corrected chi connectivity index (χ3v) is 4.22. The number of imide groups is 2. The minimum absolute atomic E-state index is 0.0541. The Kier molecular flexibility index (Phi) is 5.14. The predicted octanol–water partition coefficient (Wildman–Crippen LogP) is 2.95. The number of benzene rings is 1. The molecule has 2 heterocycles. The normalized spacial score (nSPS) is 15.7. The number of furan rings is 1. The van der Waals surface area contributed by atoms with Gasteiger partial charge in [0.25, 0.3) is 11.8 Å². The van der Waals surface area contributed by atoms with Crippen LogP contribution in [0, 0.1) is 0 Å². The minimum Gasteiger partial charge on any atom is -0.478 e. The molecule has 2 aromatic rings. The van der Waals surface area contributed by atoms with Crippen LogP contribution in [0.5, 0.6) is 0 Å². The second-order valence-electron chi connectivity index (χ2n) is 5.72. The van der Waals surface area contributed by atoms with E-state index in [1.807, 2.05) is 0 Å². The Balaban J connectivity index is 1.94. The summed E-state index contributed by atoms with van der Waals surface area (Å²) < 4.78 is 5.60. The molecular weight excluding hydrogens is 388 g/mol. The number of rotatable bonds is 5. The first-order valence-electron chi connectivity index (χ1n) is 7.94. The Hall–Kier alpha value is -3.65. The van der Waals surface area contributed by atoms with Crippen LogP contribution < -0.4 is 5.32 Å². The van der Waals surface area contributed by atoms with Crippen molar-refractivity contribution in [2.45, 2.75) is 0 Å². The quantitative estimate of drug-likeness (QED) is 0.452. The SMILES string of the molecule is C=CCN1C(=O)NC(=O)/C(=C\c2ccc(-c3ccc(Cl)c(C(=O)O)c3)o2)C1=O. The lowest BCUT2D eigenvalue weighted by molar-refractivity contribution is -0.129. The van der Waals surface area contributed by atoms with Crippen LogP contribution in [0.3, 0.4) is 0 Å². The number of halogens is 1. The van der Waals surface area contributed by atoms with E-state index in [2.05, 4.69) is 11.9 Å². The molecule has 3 rings (SSSR count). The first kappa shape index (κ1) is 19.1. The molecule has 1 fully saturated rings. The molecule has 4 amide bonds. The summed E-state index contributed by atoms with van der Waals surface area (Å²) in [6.45, 7) is 3.41. The van der Waals surface area contributed by atoms with Gasteiger partial charge in [-0.25, -0.2) is 9.59 Å². The van der Waals surface area contributed by atoms with Gasteiger partial charge in [-0.05, 0) is 36.4 Å². The van der Waals surface area contributed by atoms with Gasteiger partial charge in [0, 0.05) is 12.1 Å². The molecule has 0 aliphatic carbocycles. The van der Waals surface area contributed by atoms with Crippen LogP contribution in [0.25, 0.3) is 17.4 Å². The van der Waals surface area contributed by atoms with Crippen LogP contribution in [0.1, 0.15) is 16.1 Å². The van der Waals surface area contributed by atoms with Crippen molar-refractivity contribution in [1.29, 1.82) is 0 Å². The number of carboxylic acid groups (broad SMARTS) is 1. The van der Waals surface area contributed by atoms with Crippen LogP contribution >= 0.6 is 11.6 Å². The molecule has 0 atom stereocenters. The molecule has 1 aliphatic heterocycles. The van der Waals surface area contributed by atoms with E-state index in [4.69, 9.17) is 21.1 Å². The Bertz CT molecular complexity index is 1050. The number of carbonyl (C=O) groups is 4. The molecule has 1 aliphatic rings. The fraction of sp³-hybridized carbons (Fsp3) is 0.0526. The fourth-order valence-corrected chi connectivity index (χ4v) is 2.76. The van der Waals surface area contributed by atoms with Crippen molar-refractivity contribution in [3.63, 3.8) is 0 Å². The second kappa shape index (κ2) is 7.53. The first-order chi connectivity index (χ1) is 13.3. The highest BCUT2D eigenvalue weighted by Gasteiger charge is 2.35. The van der Waals surface area contributed by atoms with Gasteiger partial charge in [0.2, 0.25) is 0 Å². The topological polar surface area (TPSA) is 117 Å². The summed E-state index contributed by atoms with van der Waals surface area (Å²) in [6.07, 6.45) is 2.56. The van der Waals surface area contributed by atoms with E-state index in [0.29, 0.717) is 11.3 Å². The summed E-state index contributed by atoms with van der Waals surface area (Å²) in [6, 6.07) is 6.59. The van der Waals surface area contributed by atoms with Crippen LogP contribution in [0.4, 0.5) is 4.79 Å². The van der Waals surface area contributed by atoms with Crippen LogP contribution in [-0.4, -0.2) is 40.4 Å². The largest absolute Gasteiger partial charge is 0.478 e. The lowest BCUT2D eigenvalue weighted by Crippen LogP contribution is -2.54. The number of carbonyl (C=O) groups excluding carboxylic acids is 3. The van der Waals surface area contributed by atoms with Gasteiger partial charge in [0.05, 0.1) is 10.6 Å². The van der Waals surface area contributed by atoms with Crippen molar-refractivity contribution in [2.75, 3.05) is 6.54 Å². The number of urea groups is 1. The molecule has 0 saturated carbocycles. The van der Waals surface area contributed by atoms with Gasteiger partial charge in [-0.1, -0.05) is 17.7 Å². The summed E-state index contributed by atoms with van der Waals surface area (Å²) >= 11 is 5.85. The van der Waals surface area contributed by atoms with Crippen molar-refractivity contribution in [3.8, 4) is 11.3 Å². The van der Waals surface area contributed by atoms with Gasteiger partial charge in [-0.3, -0.25) is 19.8 Å². The van der Waals surface area contributed by atoms with Crippen LogP contribution in [0.2, 0.25) is 5.02 Å². The maximum absolute atomic E-state index is 12.4. The van der Waals surface area contributed by atoms with E-state index in [-0.39, 0.29) is 28.5 Å². The molecule has 8 nitrogen and oxygen atoms in total. The summed E-state index contributed by atoms with van der Waals surface area (Å²) in [5.41, 5.74) is 0.0925. The van der Waals surface area contributed by atoms with Crippen molar-refractivity contribution in [1.82, 2.24) is 10.2 Å². The lowest BCUT2D eigenvalue weighted by Gasteiger charge is -2.24. The van der Waals surface area contributed by atoms with Crippen molar-refractivity contribution < 1.29 is 28.7 Å². The molecule has 0 radical (unpaired) electrons. The number of nitrogens with one attached hydrogen (secondary N) is 1. The Labute approximate surface area is 163 Å². The van der Waals surface area contributed by atoms with E-state index in [1.54, 1.807) is 12.1 Å². The average molecular weight is 401 g/mol. The lowest BCUT2D eigenvalue weighted by atomic mass is 10.1. The average Bonchev–Trinajstić information content (AvgIpc) is 3.11. The number of nitrogens with zero attached hydrogens (tertiary/aromatic N) is 1. The molecule has 1 aromatic carbocycles. The number of amides is 4. The van der Waals surface area contributed by atoms with E-state index < -0.39 is 23.8 Å². The molecule has 0 spiro atoms. The standard InChI is InChI=1S/C19H13ClN2O6/c1-2-7-22-17(24)13(16(23)21-19(22)27)9-11-4-6-15(28-11)10-3-5-14(20)12(8-10)18(25)26/h2-6,8-9H,1,7H2,(H,25,26)(H,21,23,27)/b13-9+. The molecule has 9 heteroatoms. The molecule has 2 N–H and O–H groups in total. The molecular formula is C19H13ClN2O6. The maximum Gasteiger partial charge on any atom is 0.337 e. The van der Waals surface area contributed by atoms with E-state index in [9.17, 15) is 19.2 Å². The number of aromatic carboxylic acids is 1. The Morgan fingerprint density at radius 3 is 2.68 bits per heavy atom. The van der Waals surface area contributed by atoms with Crippen molar-refractivity contribution >= 4 is 41.5 Å². The van der Waals surface area contributed by atoms with Crippen LogP contribution in [0.15, 0.2) is 53.0 Å². The maximum atomic E-state index is 12.4. The van der Waals surface area contributed by atoms with Gasteiger partial charge in [0.1, 0.15) is 17.1 Å². The number of carboxylic acids is 1. The fourth-order valence-electron chi connectivity index (χ4n) is 2.56. The summed E-state index contributed by atoms with van der Waals surface area (Å²) in [7, 11) is 0. The number of barbiturate groups is 1. The predicted molar refractivity (Wildman–Crippen MR) is 99.5 cm³/mol. The van der Waals surface area contributed by atoms with Gasteiger partial charge >= 0.3 is 12.0 Å². The van der Waals surface area contributed by atoms with Gasteiger partial charge in [0.15, 0.2) is 0 Å². The summed E-state index contributed by atoms with van der Waals surface area (Å²) in [5, 5.41) is 11.3. The van der Waals surface area contributed by atoms with Gasteiger partial charge < -0.3 is 9.52 Å². The molecule has 0 unspecified atom stereocenters. The van der Waals surface area contributed by atoms with E-state index >= 15 is 0 Å². The minimum atomic E-state index is -1.18. The highest BCUT2D eigenvalue weighted by molar-refractivity contribution is 6.33. The second-order valence-corrected chi connectivity index (χ2v) is 6.13. The molecule has 1 aromatic heterocycles. The summed E-state index contributed by atoms with van der Waals surface area (Å²) in [4.78, 5) is 48.2. The zero-order valence-electron chi connectivity index (χ0n) is 14.3. The molecule has 1 saturated heterocycles. The zero-order chi connectivity index (χ0) is 20.4. The zero-order valence-corrected chi connectivity index (χ0v) is 15.0. The van der Waals surface area contributed by atoms with E-state index in [1.165, 1.54) is 30.4 Å². The molecule has 142 valence electrons. The smallest absolute Gasteiger partial charge is 0.337 e. The number of hydrogen-bond acceptors (Lipinski definition) is 5. The van der Waals surface area contributed by atoms with Gasteiger partial charge in [-0.15, -0.1) is 6.58 Å². The van der Waals surface area contributed by atoms with Crippen molar-refractivity contribution in [3.05, 3.63) is 64.9 Å². The monoisotopic (exact) mass is 400 g/mol. The first-order valence-corrected chi connectivity index (χ1v) is 8.32.